The normalized spacial score (nSPS) is 10.5. The van der Waals surface area contributed by atoms with Gasteiger partial charge >= 0.3 is 0 Å². The highest BCUT2D eigenvalue weighted by Crippen LogP contribution is 2.21. The van der Waals surface area contributed by atoms with E-state index in [-0.39, 0.29) is 11.8 Å². The molecule has 0 bridgehead atoms. The summed E-state index contributed by atoms with van der Waals surface area (Å²) in [5.74, 6) is 0.0648. The van der Waals surface area contributed by atoms with Crippen molar-refractivity contribution in [3.8, 4) is 0 Å². The van der Waals surface area contributed by atoms with Crippen LogP contribution in [0.1, 0.15) is 5.56 Å². The van der Waals surface area contributed by atoms with Gasteiger partial charge in [-0.05, 0) is 33.6 Å². The van der Waals surface area contributed by atoms with Gasteiger partial charge in [-0.1, -0.05) is 23.7 Å². The van der Waals surface area contributed by atoms with Crippen LogP contribution in [0.15, 0.2) is 34.9 Å². The molecule has 1 heterocycles. The van der Waals surface area contributed by atoms with Gasteiger partial charge in [0.25, 0.3) is 0 Å². The van der Waals surface area contributed by atoms with Crippen molar-refractivity contribution in [3.63, 3.8) is 0 Å². The van der Waals surface area contributed by atoms with Crippen molar-refractivity contribution in [2.45, 2.75) is 6.54 Å². The van der Waals surface area contributed by atoms with E-state index in [0.717, 1.165) is 5.56 Å². The van der Waals surface area contributed by atoms with Crippen molar-refractivity contribution in [3.05, 3.63) is 45.5 Å². The average molecular weight is 363 g/mol. The summed E-state index contributed by atoms with van der Waals surface area (Å²) in [5.41, 5.74) is 1.06. The summed E-state index contributed by atoms with van der Waals surface area (Å²) < 4.78 is 2.43. The molecule has 2 rings (SSSR count). The number of nitrogens with one attached hydrogen (secondary N) is 1. The number of alkyl halides is 1. The molecular formula is C12H10BrCl2N3O. The second-order valence-corrected chi connectivity index (χ2v) is 5.39. The summed E-state index contributed by atoms with van der Waals surface area (Å²) in [5, 5.41) is 7.56. The number of rotatable bonds is 4. The van der Waals surface area contributed by atoms with Gasteiger partial charge in [-0.25, -0.2) is 0 Å². The summed E-state index contributed by atoms with van der Waals surface area (Å²) >= 11 is 14.6. The number of hydrogen-bond acceptors (Lipinski definition) is 2. The van der Waals surface area contributed by atoms with Crippen LogP contribution in [0.2, 0.25) is 5.02 Å². The summed E-state index contributed by atoms with van der Waals surface area (Å²) in [4.78, 5) is 11.2. The Labute approximate surface area is 128 Å². The molecule has 7 heteroatoms. The predicted octanol–water partition coefficient (Wildman–Crippen LogP) is 3.52. The Morgan fingerprint density at radius 1 is 1.37 bits per heavy atom. The second-order valence-electron chi connectivity index (χ2n) is 3.83. The molecule has 0 radical (unpaired) electrons. The second kappa shape index (κ2) is 6.41. The lowest BCUT2D eigenvalue weighted by Gasteiger charge is -2.02. The number of amides is 1. The van der Waals surface area contributed by atoms with Crippen molar-refractivity contribution in [2.24, 2.45) is 0 Å². The molecule has 100 valence electrons. The Hall–Kier alpha value is -1.04. The van der Waals surface area contributed by atoms with Gasteiger partial charge in [0, 0.05) is 11.2 Å². The summed E-state index contributed by atoms with van der Waals surface area (Å²) in [6.07, 6.45) is 1.79. The topological polar surface area (TPSA) is 46.9 Å². The van der Waals surface area contributed by atoms with Gasteiger partial charge in [0.05, 0.1) is 11.0 Å². The first-order valence-electron chi connectivity index (χ1n) is 5.41. The minimum Gasteiger partial charge on any atom is -0.307 e. The van der Waals surface area contributed by atoms with Crippen LogP contribution in [0.5, 0.6) is 0 Å². The Balaban J connectivity index is 2.11. The third-order valence-corrected chi connectivity index (χ3v) is 3.43. The van der Waals surface area contributed by atoms with Gasteiger partial charge in [-0.3, -0.25) is 9.48 Å². The maximum atomic E-state index is 11.2. The van der Waals surface area contributed by atoms with Crippen molar-refractivity contribution in [1.29, 1.82) is 0 Å². The van der Waals surface area contributed by atoms with Crippen LogP contribution >= 0.6 is 39.1 Å². The minimum atomic E-state index is -0.292. The number of carbonyl (C=O) groups excluding carboxylic acids is 1. The summed E-state index contributed by atoms with van der Waals surface area (Å²) in [6.45, 7) is 0.590. The number of carbonyl (C=O) groups is 1. The van der Waals surface area contributed by atoms with Gasteiger partial charge in [0.1, 0.15) is 5.88 Å². The van der Waals surface area contributed by atoms with E-state index in [1.54, 1.807) is 10.9 Å². The number of nitrogens with zero attached hydrogens (tertiary/aromatic N) is 2. The molecule has 0 saturated heterocycles. The van der Waals surface area contributed by atoms with E-state index >= 15 is 0 Å². The minimum absolute atomic E-state index is 0.101. The number of anilines is 1. The molecule has 1 aromatic heterocycles. The molecular weight excluding hydrogens is 353 g/mol. The molecule has 0 aliphatic carbocycles. The van der Waals surface area contributed by atoms with Gasteiger partial charge in [0.2, 0.25) is 5.91 Å². The number of hydrogen-bond donors (Lipinski definition) is 1. The smallest absolute Gasteiger partial charge is 0.240 e. The maximum absolute atomic E-state index is 11.2. The highest BCUT2D eigenvalue weighted by molar-refractivity contribution is 9.10. The molecule has 0 saturated carbocycles. The molecule has 0 aliphatic rings. The lowest BCUT2D eigenvalue weighted by Crippen LogP contribution is -2.13. The number of halogens is 3. The van der Waals surface area contributed by atoms with E-state index in [4.69, 9.17) is 23.2 Å². The molecule has 0 unspecified atom stereocenters. The van der Waals surface area contributed by atoms with E-state index in [0.29, 0.717) is 21.9 Å². The average Bonchev–Trinajstić information content (AvgIpc) is 2.72. The van der Waals surface area contributed by atoms with E-state index in [2.05, 4.69) is 26.3 Å². The maximum Gasteiger partial charge on any atom is 0.240 e. The Bertz CT molecular complexity index is 583. The third kappa shape index (κ3) is 3.96. The van der Waals surface area contributed by atoms with Crippen LogP contribution in [-0.2, 0) is 11.3 Å². The van der Waals surface area contributed by atoms with Gasteiger partial charge in [-0.15, -0.1) is 11.6 Å². The summed E-state index contributed by atoms with van der Waals surface area (Å²) in [6, 6.07) is 7.50. The fraction of sp³-hybridized carbons (Fsp3) is 0.167. The summed E-state index contributed by atoms with van der Waals surface area (Å²) in [7, 11) is 0. The highest BCUT2D eigenvalue weighted by Gasteiger charge is 2.09. The molecule has 1 aromatic carbocycles. The Morgan fingerprint density at radius 2 is 2.05 bits per heavy atom. The Kier molecular flexibility index (Phi) is 4.85. The zero-order valence-corrected chi connectivity index (χ0v) is 12.8. The van der Waals surface area contributed by atoms with Gasteiger partial charge in [-0.2, -0.15) is 5.10 Å². The van der Waals surface area contributed by atoms with Crippen LogP contribution in [-0.4, -0.2) is 21.6 Å². The standard InChI is InChI=1S/C12H10BrCl2N3O/c13-10-7-18(17-12(10)16-11(19)5-14)6-8-1-3-9(15)4-2-8/h1-4,7H,5-6H2,(H,16,17,19). The first-order chi connectivity index (χ1) is 9.08. The van der Waals surface area contributed by atoms with Gasteiger partial charge in [0.15, 0.2) is 5.82 Å². The zero-order valence-electron chi connectivity index (χ0n) is 9.74. The van der Waals surface area contributed by atoms with Crippen LogP contribution in [0.25, 0.3) is 0 Å². The van der Waals surface area contributed by atoms with E-state index in [9.17, 15) is 4.79 Å². The van der Waals surface area contributed by atoms with Crippen molar-refractivity contribution < 1.29 is 4.79 Å². The SMILES string of the molecule is O=C(CCl)Nc1nn(Cc2ccc(Cl)cc2)cc1Br. The molecule has 0 aliphatic heterocycles. The molecule has 0 fully saturated rings. The molecule has 1 N–H and O–H groups in total. The van der Waals surface area contributed by atoms with Crippen LogP contribution in [0, 0.1) is 0 Å². The number of aromatic nitrogens is 2. The van der Waals surface area contributed by atoms with E-state index in [1.807, 2.05) is 24.3 Å². The van der Waals surface area contributed by atoms with Gasteiger partial charge < -0.3 is 5.32 Å². The quantitative estimate of drug-likeness (QED) is 0.846. The predicted molar refractivity (Wildman–Crippen MR) is 79.8 cm³/mol. The third-order valence-electron chi connectivity index (χ3n) is 2.35. The molecule has 1 amide bonds. The fourth-order valence-corrected chi connectivity index (χ4v) is 2.11. The van der Waals surface area contributed by atoms with Crippen LogP contribution in [0.4, 0.5) is 5.82 Å². The highest BCUT2D eigenvalue weighted by atomic mass is 79.9. The largest absolute Gasteiger partial charge is 0.307 e. The van der Waals surface area contributed by atoms with Crippen molar-refractivity contribution in [2.75, 3.05) is 11.2 Å². The zero-order chi connectivity index (χ0) is 13.8. The van der Waals surface area contributed by atoms with Crippen molar-refractivity contribution in [1.82, 2.24) is 9.78 Å². The molecule has 19 heavy (non-hydrogen) atoms. The monoisotopic (exact) mass is 361 g/mol. The van der Waals surface area contributed by atoms with Crippen LogP contribution < -0.4 is 5.32 Å². The molecule has 0 atom stereocenters. The molecule has 4 nitrogen and oxygen atoms in total. The van der Waals surface area contributed by atoms with E-state index in [1.165, 1.54) is 0 Å². The lowest BCUT2D eigenvalue weighted by atomic mass is 10.2. The first-order valence-corrected chi connectivity index (χ1v) is 7.12. The number of benzene rings is 1. The lowest BCUT2D eigenvalue weighted by molar-refractivity contribution is -0.113. The Morgan fingerprint density at radius 3 is 2.68 bits per heavy atom. The van der Waals surface area contributed by atoms with Crippen LogP contribution in [0.3, 0.4) is 0 Å². The first kappa shape index (κ1) is 14.4. The molecule has 2 aromatic rings. The fourth-order valence-electron chi connectivity index (χ4n) is 1.51. The van der Waals surface area contributed by atoms with E-state index < -0.39 is 0 Å². The van der Waals surface area contributed by atoms with Crippen molar-refractivity contribution >= 4 is 50.9 Å². The molecule has 0 spiro atoms.